The van der Waals surface area contributed by atoms with Gasteiger partial charge in [0.2, 0.25) is 0 Å². The number of carbonyl (C=O) groups excluding carboxylic acids is 4. The molecule has 2 saturated heterocycles. The molecule has 72 heavy (non-hydrogen) atoms. The summed E-state index contributed by atoms with van der Waals surface area (Å²) in [4.78, 5) is 77.1. The number of piperazine rings is 2. The van der Waals surface area contributed by atoms with Gasteiger partial charge in [-0.2, -0.15) is 0 Å². The Morgan fingerprint density at radius 3 is 1.85 bits per heavy atom. The van der Waals surface area contributed by atoms with Gasteiger partial charge in [-0.15, -0.1) is 0 Å². The number of hydrogen-bond acceptors (Lipinski definition) is 14. The van der Waals surface area contributed by atoms with Gasteiger partial charge in [-0.1, -0.05) is 39.5 Å². The van der Waals surface area contributed by atoms with Gasteiger partial charge >= 0.3 is 12.2 Å². The molecule has 1 atom stereocenters. The average molecular weight is 987 g/mol. The largest absolute Gasteiger partial charge is 0.444 e. The number of nitrogens with one attached hydrogen (secondary N) is 4. The van der Waals surface area contributed by atoms with Crippen LogP contribution in [0.2, 0.25) is 0 Å². The lowest BCUT2D eigenvalue weighted by molar-refractivity contribution is 0.0230. The van der Waals surface area contributed by atoms with Crippen LogP contribution in [0.1, 0.15) is 139 Å². The molecule has 9 rings (SSSR count). The van der Waals surface area contributed by atoms with Crippen LogP contribution in [0.25, 0.3) is 22.5 Å². The number of anilines is 4. The van der Waals surface area contributed by atoms with Gasteiger partial charge in [0.05, 0.1) is 22.5 Å². The average Bonchev–Trinajstić information content (AvgIpc) is 3.94. The molecule has 18 nitrogen and oxygen atoms in total. The number of nitrogens with zero attached hydrogens (tertiary/aromatic N) is 8. The van der Waals surface area contributed by atoms with Crippen molar-refractivity contribution in [3.63, 3.8) is 0 Å². The first kappa shape index (κ1) is 51.6. The quantitative estimate of drug-likeness (QED) is 0.111. The molecule has 1 unspecified atom stereocenters. The summed E-state index contributed by atoms with van der Waals surface area (Å²) in [6.07, 6.45) is 12.4. The van der Waals surface area contributed by atoms with E-state index in [0.717, 1.165) is 76.2 Å². The Bertz CT molecular complexity index is 2580. The second kappa shape index (κ2) is 22.4. The van der Waals surface area contributed by atoms with E-state index in [4.69, 9.17) is 19.4 Å². The third-order valence-corrected chi connectivity index (χ3v) is 13.6. The normalized spacial score (nSPS) is 17.5. The van der Waals surface area contributed by atoms with Crippen LogP contribution in [-0.4, -0.2) is 129 Å². The minimum Gasteiger partial charge on any atom is -0.444 e. The van der Waals surface area contributed by atoms with E-state index >= 15 is 0 Å². The molecule has 4 aliphatic heterocycles. The van der Waals surface area contributed by atoms with Crippen LogP contribution >= 0.6 is 0 Å². The van der Waals surface area contributed by atoms with E-state index in [1.807, 2.05) is 84.1 Å². The number of amides is 4. The molecular weight excluding hydrogens is 913 g/mol. The van der Waals surface area contributed by atoms with Crippen LogP contribution < -0.4 is 31.1 Å². The Kier molecular flexibility index (Phi) is 16.0. The minimum atomic E-state index is -0.525. The number of pyridine rings is 4. The van der Waals surface area contributed by atoms with Crippen LogP contribution in [0.3, 0.4) is 0 Å². The van der Waals surface area contributed by atoms with E-state index in [1.165, 1.54) is 32.1 Å². The minimum absolute atomic E-state index is 0.0723. The molecule has 0 radical (unpaired) electrons. The molecule has 4 aromatic heterocycles. The summed E-state index contributed by atoms with van der Waals surface area (Å²) in [5, 5.41) is 13.0. The molecule has 4 aromatic rings. The topological polar surface area (TPSA) is 199 Å². The Balaban J connectivity index is 0.000000193. The van der Waals surface area contributed by atoms with E-state index in [1.54, 1.807) is 16.0 Å². The van der Waals surface area contributed by atoms with Crippen LogP contribution in [0, 0.1) is 0 Å². The Hall–Kier alpha value is -6.72. The number of ether oxygens (including phenoxy) is 2. The van der Waals surface area contributed by atoms with Crippen LogP contribution in [0.4, 0.5) is 32.9 Å². The highest BCUT2D eigenvalue weighted by atomic mass is 16.6. The van der Waals surface area contributed by atoms with Gasteiger partial charge in [0.1, 0.15) is 34.5 Å². The first-order valence-corrected chi connectivity index (χ1v) is 26.0. The summed E-state index contributed by atoms with van der Waals surface area (Å²) in [5.74, 6) is 3.06. The predicted octanol–water partition coefficient (Wildman–Crippen LogP) is 8.62. The van der Waals surface area contributed by atoms with Crippen molar-refractivity contribution in [2.24, 2.45) is 0 Å². The molecule has 3 fully saturated rings. The number of hydrogen-bond donors (Lipinski definition) is 4. The summed E-state index contributed by atoms with van der Waals surface area (Å²) in [7, 11) is 0. The molecule has 0 bridgehead atoms. The molecule has 4 amide bonds. The third kappa shape index (κ3) is 12.8. The lowest BCUT2D eigenvalue weighted by atomic mass is 9.95. The summed E-state index contributed by atoms with van der Waals surface area (Å²) in [6.45, 7) is 21.2. The van der Waals surface area contributed by atoms with Crippen molar-refractivity contribution in [1.29, 1.82) is 0 Å². The Labute approximate surface area is 424 Å². The van der Waals surface area contributed by atoms with Crippen molar-refractivity contribution in [3.8, 4) is 22.5 Å². The van der Waals surface area contributed by atoms with Crippen LogP contribution in [0.5, 0.6) is 0 Å². The molecule has 5 aliphatic rings. The standard InChI is InChI=1S/C27H36N6O3.C27H38N6O3/c1-27(2,3)36-26(35)33-13-11-32(12-14-33)23-16-20-21(17-29-25(20)34)24(31-23)18-9-10-28-22(15-18)30-19-7-5-4-6-8-19;1-6-8-19(7-2)30-23-15-18(9-10-28-23)22-16-20-21(17-29-25(20)34)24(31-22)32-11-13-33(14-12-32)26(35)36-27(3,4)5/h9-10,15-16,19H,4-8,11-14,17H2,1-3H3,(H,28,30)(H,29,34);9-10,15-16,19H,6-8,11-14,17H2,1-5H3,(H,28,30)(H,29,34). The molecule has 0 aromatic carbocycles. The van der Waals surface area contributed by atoms with Gasteiger partial charge in [0.25, 0.3) is 11.8 Å². The highest BCUT2D eigenvalue weighted by molar-refractivity contribution is 6.01. The van der Waals surface area contributed by atoms with E-state index in [0.29, 0.717) is 88.7 Å². The second-order valence-electron chi connectivity index (χ2n) is 21.4. The zero-order valence-electron chi connectivity index (χ0n) is 43.5. The molecule has 1 saturated carbocycles. The Morgan fingerprint density at radius 1 is 0.694 bits per heavy atom. The van der Waals surface area contributed by atoms with Crippen molar-refractivity contribution in [3.05, 3.63) is 71.0 Å². The van der Waals surface area contributed by atoms with Gasteiger partial charge in [0.15, 0.2) is 0 Å². The highest BCUT2D eigenvalue weighted by Gasteiger charge is 2.33. The predicted molar refractivity (Wildman–Crippen MR) is 280 cm³/mol. The van der Waals surface area contributed by atoms with E-state index in [2.05, 4.69) is 54.9 Å². The Morgan fingerprint density at radius 2 is 1.25 bits per heavy atom. The summed E-state index contributed by atoms with van der Waals surface area (Å²) in [5.41, 5.74) is 5.53. The van der Waals surface area contributed by atoms with Crippen molar-refractivity contribution in [2.45, 2.75) is 143 Å². The molecule has 386 valence electrons. The van der Waals surface area contributed by atoms with Crippen LogP contribution in [0.15, 0.2) is 48.8 Å². The smallest absolute Gasteiger partial charge is 0.410 e. The van der Waals surface area contributed by atoms with Gasteiger partial charge in [0, 0.05) is 112 Å². The van der Waals surface area contributed by atoms with E-state index < -0.39 is 11.2 Å². The van der Waals surface area contributed by atoms with Gasteiger partial charge in [-0.25, -0.2) is 29.5 Å². The zero-order valence-corrected chi connectivity index (χ0v) is 43.5. The summed E-state index contributed by atoms with van der Waals surface area (Å²) < 4.78 is 11.1. The molecule has 1 aliphatic carbocycles. The number of rotatable bonds is 11. The van der Waals surface area contributed by atoms with E-state index in [-0.39, 0.29) is 24.0 Å². The summed E-state index contributed by atoms with van der Waals surface area (Å²) >= 11 is 0. The molecular formula is C54H74N12O6. The number of fused-ring (bicyclic) bond motifs is 2. The fourth-order valence-corrected chi connectivity index (χ4v) is 9.80. The molecule has 18 heteroatoms. The maximum Gasteiger partial charge on any atom is 0.410 e. The maximum absolute atomic E-state index is 12.6. The third-order valence-electron chi connectivity index (χ3n) is 13.6. The van der Waals surface area contributed by atoms with Gasteiger partial charge in [-0.3, -0.25) is 9.59 Å². The lowest BCUT2D eigenvalue weighted by Crippen LogP contribution is -2.50. The van der Waals surface area contributed by atoms with Gasteiger partial charge < -0.3 is 50.3 Å². The molecule has 0 spiro atoms. The van der Waals surface area contributed by atoms with Crippen molar-refractivity contribution in [1.82, 2.24) is 40.4 Å². The lowest BCUT2D eigenvalue weighted by Gasteiger charge is -2.36. The first-order chi connectivity index (χ1) is 34.4. The second-order valence-corrected chi connectivity index (χ2v) is 21.4. The summed E-state index contributed by atoms with van der Waals surface area (Å²) in [6, 6.07) is 12.5. The van der Waals surface area contributed by atoms with Crippen molar-refractivity contribution in [2.75, 3.05) is 72.8 Å². The SMILES string of the molecule is CC(C)(C)OC(=O)N1CCN(c2cc3c(c(-c4ccnc(NC5CCCCC5)c4)n2)CNC3=O)CC1.CCCC(CC)Nc1cc(-c2cc3c(c(N4CCN(C(=O)OC(C)(C)C)CC4)n2)CNC3=O)ccn1. The fraction of sp³-hybridized carbons (Fsp3) is 0.556. The maximum atomic E-state index is 12.6. The van der Waals surface area contributed by atoms with Crippen LogP contribution in [-0.2, 0) is 22.6 Å². The molecule has 4 N–H and O–H groups in total. The first-order valence-electron chi connectivity index (χ1n) is 26.0. The zero-order chi connectivity index (χ0) is 51.2. The monoisotopic (exact) mass is 987 g/mol. The molecule has 8 heterocycles. The van der Waals surface area contributed by atoms with Crippen molar-refractivity contribution >= 4 is 47.3 Å². The number of aromatic nitrogens is 4. The fourth-order valence-electron chi connectivity index (χ4n) is 9.80. The van der Waals surface area contributed by atoms with Gasteiger partial charge in [-0.05, 0) is 104 Å². The number of carbonyl (C=O) groups is 4. The van der Waals surface area contributed by atoms with E-state index in [9.17, 15) is 19.2 Å². The highest BCUT2D eigenvalue weighted by Crippen LogP contribution is 2.35. The van der Waals surface area contributed by atoms with Crippen molar-refractivity contribution < 1.29 is 28.7 Å².